The van der Waals surface area contributed by atoms with E-state index in [0.29, 0.717) is 6.79 Å². The number of rotatable bonds is 4. The van der Waals surface area contributed by atoms with Crippen molar-refractivity contribution in [2.45, 2.75) is 13.0 Å². The first-order valence-electron chi connectivity index (χ1n) is 9.96. The van der Waals surface area contributed by atoms with Crippen molar-refractivity contribution in [2.75, 3.05) is 66.7 Å². The highest BCUT2D eigenvalue weighted by molar-refractivity contribution is 5.80. The second kappa shape index (κ2) is 8.35. The van der Waals surface area contributed by atoms with E-state index in [1.165, 1.54) is 25.1 Å². The third-order valence-electron chi connectivity index (χ3n) is 5.76. The molecule has 3 heterocycles. The Labute approximate surface area is 161 Å². The zero-order valence-corrected chi connectivity index (χ0v) is 16.5. The fourth-order valence-electron chi connectivity index (χ4n) is 4.18. The molecule has 0 spiro atoms. The predicted octanol–water partition coefficient (Wildman–Crippen LogP) is 1.06. The molecule has 1 aromatic carbocycles. The summed E-state index contributed by atoms with van der Waals surface area (Å²) in [4.78, 5) is 11.8. The van der Waals surface area contributed by atoms with Crippen molar-refractivity contribution in [3.8, 4) is 11.5 Å². The van der Waals surface area contributed by atoms with E-state index in [1.54, 1.807) is 0 Å². The lowest BCUT2D eigenvalue weighted by Gasteiger charge is -2.36. The van der Waals surface area contributed by atoms with Crippen molar-refractivity contribution in [1.82, 2.24) is 20.0 Å². The van der Waals surface area contributed by atoms with Gasteiger partial charge in [-0.1, -0.05) is 6.07 Å². The molecule has 148 valence electrons. The smallest absolute Gasteiger partial charge is 0.231 e. The average Bonchev–Trinajstić information content (AvgIpc) is 3.32. The molecule has 0 bridgehead atoms. The second-order valence-corrected chi connectivity index (χ2v) is 7.80. The van der Waals surface area contributed by atoms with Crippen molar-refractivity contribution in [1.29, 1.82) is 0 Å². The second-order valence-electron chi connectivity index (χ2n) is 7.80. The van der Waals surface area contributed by atoms with E-state index in [-0.39, 0.29) is 0 Å². The molecule has 7 nitrogen and oxygen atoms in total. The van der Waals surface area contributed by atoms with Crippen LogP contribution >= 0.6 is 0 Å². The Morgan fingerprint density at radius 3 is 2.70 bits per heavy atom. The fourth-order valence-corrected chi connectivity index (χ4v) is 4.18. The monoisotopic (exact) mass is 373 g/mol. The molecule has 0 aliphatic carbocycles. The van der Waals surface area contributed by atoms with Crippen molar-refractivity contribution >= 4 is 5.96 Å². The number of hydrogen-bond donors (Lipinski definition) is 1. The largest absolute Gasteiger partial charge is 0.454 e. The van der Waals surface area contributed by atoms with Gasteiger partial charge in [0.15, 0.2) is 17.5 Å². The van der Waals surface area contributed by atoms with Crippen LogP contribution in [-0.4, -0.2) is 87.4 Å². The van der Waals surface area contributed by atoms with Gasteiger partial charge >= 0.3 is 0 Å². The quantitative estimate of drug-likeness (QED) is 0.629. The van der Waals surface area contributed by atoms with E-state index in [9.17, 15) is 0 Å². The van der Waals surface area contributed by atoms with E-state index >= 15 is 0 Å². The molecule has 0 amide bonds. The molecule has 27 heavy (non-hydrogen) atoms. The number of piperazine rings is 1. The van der Waals surface area contributed by atoms with Crippen LogP contribution in [0.15, 0.2) is 23.2 Å². The van der Waals surface area contributed by atoms with Gasteiger partial charge in [0.1, 0.15) is 0 Å². The molecule has 2 fully saturated rings. The Kier molecular flexibility index (Phi) is 5.69. The molecule has 1 N–H and O–H groups in total. The number of guanidine groups is 1. The Bertz CT molecular complexity index is 672. The van der Waals surface area contributed by atoms with Crippen LogP contribution in [0.2, 0.25) is 0 Å². The minimum Gasteiger partial charge on any atom is -0.454 e. The average molecular weight is 374 g/mol. The number of benzene rings is 1. The normalized spacial score (nSPS) is 23.9. The molecule has 2 saturated heterocycles. The number of ether oxygens (including phenoxy) is 2. The molecule has 0 radical (unpaired) electrons. The minimum atomic E-state index is 0.334. The summed E-state index contributed by atoms with van der Waals surface area (Å²) in [5.74, 6) is 3.51. The summed E-state index contributed by atoms with van der Waals surface area (Å²) < 4.78 is 10.9. The van der Waals surface area contributed by atoms with Crippen LogP contribution in [0.5, 0.6) is 11.5 Å². The van der Waals surface area contributed by atoms with Crippen molar-refractivity contribution < 1.29 is 9.47 Å². The van der Waals surface area contributed by atoms with Crippen molar-refractivity contribution in [3.63, 3.8) is 0 Å². The van der Waals surface area contributed by atoms with Gasteiger partial charge in [-0.05, 0) is 43.6 Å². The lowest BCUT2D eigenvalue weighted by Crippen LogP contribution is -2.52. The Balaban J connectivity index is 1.24. The SMILES string of the molecule is CN=C(NCC1CCN(C)C1)N1CCN(Cc2ccc3c(c2)OCO3)CC1. The molecule has 0 aromatic heterocycles. The van der Waals surface area contributed by atoms with Crippen molar-refractivity contribution in [3.05, 3.63) is 23.8 Å². The lowest BCUT2D eigenvalue weighted by molar-refractivity contribution is 0.171. The van der Waals surface area contributed by atoms with Gasteiger partial charge in [0, 0.05) is 52.9 Å². The topological polar surface area (TPSA) is 52.6 Å². The van der Waals surface area contributed by atoms with Crippen LogP contribution in [0.1, 0.15) is 12.0 Å². The molecule has 1 atom stereocenters. The number of hydrogen-bond acceptors (Lipinski definition) is 5. The molecule has 3 aliphatic heterocycles. The number of likely N-dealkylation sites (tertiary alicyclic amines) is 1. The van der Waals surface area contributed by atoms with E-state index in [2.05, 4.69) is 44.2 Å². The maximum absolute atomic E-state index is 5.49. The minimum absolute atomic E-state index is 0.334. The molecule has 0 saturated carbocycles. The van der Waals surface area contributed by atoms with Gasteiger partial charge in [0.2, 0.25) is 6.79 Å². The number of nitrogens with zero attached hydrogens (tertiary/aromatic N) is 4. The van der Waals surface area contributed by atoms with Gasteiger partial charge in [0.25, 0.3) is 0 Å². The van der Waals surface area contributed by atoms with Gasteiger partial charge in [-0.15, -0.1) is 0 Å². The van der Waals surface area contributed by atoms with E-state index < -0.39 is 0 Å². The number of aliphatic imine (C=N–C) groups is 1. The van der Waals surface area contributed by atoms with Gasteiger partial charge in [0.05, 0.1) is 0 Å². The highest BCUT2D eigenvalue weighted by Gasteiger charge is 2.23. The van der Waals surface area contributed by atoms with E-state index in [4.69, 9.17) is 9.47 Å². The number of nitrogens with one attached hydrogen (secondary N) is 1. The standard InChI is InChI=1S/C20H31N5O2/c1-21-20(22-12-17-5-6-23(2)13-17)25-9-7-24(8-10-25)14-16-3-4-18-19(11-16)27-15-26-18/h3-4,11,17H,5-10,12-15H2,1-2H3,(H,21,22). The van der Waals surface area contributed by atoms with Gasteiger partial charge in [-0.2, -0.15) is 0 Å². The molecular formula is C20H31N5O2. The first-order chi connectivity index (χ1) is 13.2. The first kappa shape index (κ1) is 18.4. The third-order valence-corrected chi connectivity index (χ3v) is 5.76. The highest BCUT2D eigenvalue weighted by Crippen LogP contribution is 2.32. The van der Waals surface area contributed by atoms with E-state index in [0.717, 1.165) is 62.6 Å². The summed E-state index contributed by atoms with van der Waals surface area (Å²) in [5.41, 5.74) is 1.28. The zero-order chi connectivity index (χ0) is 18.6. The maximum atomic E-state index is 5.49. The molecule has 1 aromatic rings. The third kappa shape index (κ3) is 4.47. The van der Waals surface area contributed by atoms with Crippen molar-refractivity contribution in [2.24, 2.45) is 10.9 Å². The van der Waals surface area contributed by atoms with Gasteiger partial charge < -0.3 is 24.6 Å². The first-order valence-corrected chi connectivity index (χ1v) is 9.96. The maximum Gasteiger partial charge on any atom is 0.231 e. The van der Waals surface area contributed by atoms with Gasteiger partial charge in [-0.3, -0.25) is 9.89 Å². The van der Waals surface area contributed by atoms with Crippen LogP contribution in [0.25, 0.3) is 0 Å². The van der Waals surface area contributed by atoms with Gasteiger partial charge in [-0.25, -0.2) is 0 Å². The summed E-state index contributed by atoms with van der Waals surface area (Å²) in [5, 5.41) is 3.59. The Morgan fingerprint density at radius 1 is 1.15 bits per heavy atom. The number of fused-ring (bicyclic) bond motifs is 1. The zero-order valence-electron chi connectivity index (χ0n) is 16.5. The molecular weight excluding hydrogens is 342 g/mol. The fraction of sp³-hybridized carbons (Fsp3) is 0.650. The lowest BCUT2D eigenvalue weighted by atomic mass is 10.1. The van der Waals surface area contributed by atoms with Crippen LogP contribution in [0.3, 0.4) is 0 Å². The summed E-state index contributed by atoms with van der Waals surface area (Å²) in [6.07, 6.45) is 1.28. The van der Waals surface area contributed by atoms with Crippen LogP contribution in [0, 0.1) is 5.92 Å². The predicted molar refractivity (Wildman–Crippen MR) is 106 cm³/mol. The molecule has 4 rings (SSSR count). The Hall–Kier alpha value is -1.99. The highest BCUT2D eigenvalue weighted by atomic mass is 16.7. The summed E-state index contributed by atoms with van der Waals surface area (Å²) >= 11 is 0. The molecule has 1 unspecified atom stereocenters. The van der Waals surface area contributed by atoms with E-state index in [1.807, 2.05) is 13.1 Å². The summed E-state index contributed by atoms with van der Waals surface area (Å²) in [6.45, 7) is 8.81. The van der Waals surface area contributed by atoms with Crippen LogP contribution in [-0.2, 0) is 6.54 Å². The van der Waals surface area contributed by atoms with Crippen LogP contribution < -0.4 is 14.8 Å². The molecule has 7 heteroatoms. The summed E-state index contributed by atoms with van der Waals surface area (Å²) in [7, 11) is 4.09. The van der Waals surface area contributed by atoms with Crippen LogP contribution in [0.4, 0.5) is 0 Å². The molecule has 3 aliphatic rings. The Morgan fingerprint density at radius 2 is 1.96 bits per heavy atom. The summed E-state index contributed by atoms with van der Waals surface area (Å²) in [6, 6.07) is 6.26.